The van der Waals surface area contributed by atoms with Gasteiger partial charge in [0, 0.05) is 17.1 Å². The van der Waals surface area contributed by atoms with E-state index in [0.717, 1.165) is 5.56 Å². The van der Waals surface area contributed by atoms with E-state index in [9.17, 15) is 9.59 Å². The highest BCUT2D eigenvalue weighted by atomic mass is 35.5. The van der Waals surface area contributed by atoms with Gasteiger partial charge in [0.25, 0.3) is 5.91 Å². The lowest BCUT2D eigenvalue weighted by Gasteiger charge is -2.11. The van der Waals surface area contributed by atoms with Gasteiger partial charge in [0.15, 0.2) is 0 Å². The molecule has 6 heteroatoms. The number of hydrogen-bond donors (Lipinski definition) is 2. The lowest BCUT2D eigenvalue weighted by molar-refractivity contribution is 0.0946. The van der Waals surface area contributed by atoms with Crippen LogP contribution in [0.1, 0.15) is 33.2 Å². The minimum Gasteiger partial charge on any atom is -0.493 e. The molecular formula is C17H17ClN2O3. The van der Waals surface area contributed by atoms with Crippen molar-refractivity contribution in [2.24, 2.45) is 5.73 Å². The molecular weight excluding hydrogens is 316 g/mol. The van der Waals surface area contributed by atoms with Crippen molar-refractivity contribution < 1.29 is 14.3 Å². The van der Waals surface area contributed by atoms with Crippen molar-refractivity contribution in [2.75, 3.05) is 6.61 Å². The Morgan fingerprint density at radius 1 is 1.22 bits per heavy atom. The number of nitrogens with one attached hydrogen (secondary N) is 1. The molecule has 0 radical (unpaired) electrons. The number of primary amides is 1. The first-order chi connectivity index (χ1) is 11.0. The second-order valence-corrected chi connectivity index (χ2v) is 5.26. The topological polar surface area (TPSA) is 81.4 Å². The maximum Gasteiger partial charge on any atom is 0.255 e. The summed E-state index contributed by atoms with van der Waals surface area (Å²) in [6.45, 7) is 2.54. The van der Waals surface area contributed by atoms with Crippen molar-refractivity contribution in [3.63, 3.8) is 0 Å². The van der Waals surface area contributed by atoms with Crippen molar-refractivity contribution >= 4 is 23.4 Å². The Labute approximate surface area is 139 Å². The first-order valence-corrected chi connectivity index (χ1v) is 7.48. The quantitative estimate of drug-likeness (QED) is 0.853. The van der Waals surface area contributed by atoms with Crippen LogP contribution in [0.4, 0.5) is 0 Å². The lowest BCUT2D eigenvalue weighted by Crippen LogP contribution is -2.23. The van der Waals surface area contributed by atoms with Crippen LogP contribution in [0.2, 0.25) is 5.02 Å². The van der Waals surface area contributed by atoms with E-state index in [0.29, 0.717) is 28.5 Å². The van der Waals surface area contributed by atoms with E-state index in [-0.39, 0.29) is 12.5 Å². The summed E-state index contributed by atoms with van der Waals surface area (Å²) in [6.07, 6.45) is 0. The van der Waals surface area contributed by atoms with E-state index in [1.54, 1.807) is 42.5 Å². The molecule has 0 unspecified atom stereocenters. The summed E-state index contributed by atoms with van der Waals surface area (Å²) in [5.74, 6) is -0.354. The number of carbonyl (C=O) groups is 2. The van der Waals surface area contributed by atoms with Crippen LogP contribution < -0.4 is 15.8 Å². The Morgan fingerprint density at radius 3 is 2.70 bits per heavy atom. The normalized spacial score (nSPS) is 10.2. The number of halogens is 1. The smallest absolute Gasteiger partial charge is 0.255 e. The lowest BCUT2D eigenvalue weighted by atomic mass is 10.1. The minimum absolute atomic E-state index is 0.272. The van der Waals surface area contributed by atoms with Crippen molar-refractivity contribution in [1.82, 2.24) is 5.32 Å². The fourth-order valence-corrected chi connectivity index (χ4v) is 2.23. The van der Waals surface area contributed by atoms with Crippen LogP contribution in [0.5, 0.6) is 5.75 Å². The molecule has 0 aromatic heterocycles. The Balaban J connectivity index is 2.11. The Kier molecular flexibility index (Phi) is 5.60. The molecule has 120 valence electrons. The molecule has 0 saturated carbocycles. The molecule has 0 aliphatic carbocycles. The van der Waals surface area contributed by atoms with Gasteiger partial charge in [0.2, 0.25) is 5.91 Å². The summed E-state index contributed by atoms with van der Waals surface area (Å²) in [4.78, 5) is 23.5. The van der Waals surface area contributed by atoms with Gasteiger partial charge >= 0.3 is 0 Å². The number of nitrogens with two attached hydrogens (primary N) is 1. The number of hydrogen-bond acceptors (Lipinski definition) is 3. The maximum atomic E-state index is 12.3. The molecule has 0 fully saturated rings. The molecule has 0 heterocycles. The molecule has 0 aliphatic rings. The highest BCUT2D eigenvalue weighted by Crippen LogP contribution is 2.23. The predicted molar refractivity (Wildman–Crippen MR) is 88.8 cm³/mol. The third-order valence-corrected chi connectivity index (χ3v) is 3.39. The van der Waals surface area contributed by atoms with Gasteiger partial charge in [-0.25, -0.2) is 0 Å². The summed E-state index contributed by atoms with van der Waals surface area (Å²) in [5, 5.41) is 3.28. The van der Waals surface area contributed by atoms with E-state index < -0.39 is 5.91 Å². The fourth-order valence-electron chi connectivity index (χ4n) is 2.07. The van der Waals surface area contributed by atoms with Gasteiger partial charge in [-0.15, -0.1) is 0 Å². The molecule has 5 nitrogen and oxygen atoms in total. The molecule has 3 N–H and O–H groups in total. The van der Waals surface area contributed by atoms with E-state index in [4.69, 9.17) is 22.1 Å². The Hall–Kier alpha value is -2.53. The maximum absolute atomic E-state index is 12.3. The van der Waals surface area contributed by atoms with Gasteiger partial charge in [-0.05, 0) is 42.8 Å². The number of amides is 2. The third kappa shape index (κ3) is 4.47. The van der Waals surface area contributed by atoms with Gasteiger partial charge in [-0.1, -0.05) is 23.7 Å². The van der Waals surface area contributed by atoms with Crippen LogP contribution in [0.3, 0.4) is 0 Å². The van der Waals surface area contributed by atoms with E-state index >= 15 is 0 Å². The van der Waals surface area contributed by atoms with Gasteiger partial charge in [-0.3, -0.25) is 9.59 Å². The largest absolute Gasteiger partial charge is 0.493 e. The second kappa shape index (κ2) is 7.65. The molecule has 2 aromatic carbocycles. The minimum atomic E-state index is -0.505. The van der Waals surface area contributed by atoms with E-state index in [1.165, 1.54) is 0 Å². The SMILES string of the molecule is CCOc1cc(Cl)ccc1C(=O)NCc1cccc(C(N)=O)c1. The standard InChI is InChI=1S/C17H17ClN2O3/c1-2-23-15-9-13(18)6-7-14(15)17(22)20-10-11-4-3-5-12(8-11)16(19)21/h3-9H,2,10H2,1H3,(H2,19,21)(H,20,22). The molecule has 0 saturated heterocycles. The zero-order chi connectivity index (χ0) is 16.8. The molecule has 2 rings (SSSR count). The summed E-state index contributed by atoms with van der Waals surface area (Å²) in [6, 6.07) is 11.6. The molecule has 23 heavy (non-hydrogen) atoms. The molecule has 2 aromatic rings. The van der Waals surface area contributed by atoms with Gasteiger partial charge < -0.3 is 15.8 Å². The van der Waals surface area contributed by atoms with Crippen molar-refractivity contribution in [3.8, 4) is 5.75 Å². The van der Waals surface area contributed by atoms with Gasteiger partial charge in [-0.2, -0.15) is 0 Å². The number of benzene rings is 2. The summed E-state index contributed by atoms with van der Waals surface area (Å²) in [7, 11) is 0. The molecule has 0 spiro atoms. The second-order valence-electron chi connectivity index (χ2n) is 4.82. The average Bonchev–Trinajstić information content (AvgIpc) is 2.53. The van der Waals surface area contributed by atoms with Crippen LogP contribution in [0, 0.1) is 0 Å². The summed E-state index contributed by atoms with van der Waals surface area (Å²) >= 11 is 5.92. The number of rotatable bonds is 6. The predicted octanol–water partition coefficient (Wildman–Crippen LogP) is 2.77. The highest BCUT2D eigenvalue weighted by Gasteiger charge is 2.13. The van der Waals surface area contributed by atoms with Crippen molar-refractivity contribution in [2.45, 2.75) is 13.5 Å². The number of ether oxygens (including phenoxy) is 1. The van der Waals surface area contributed by atoms with Crippen molar-refractivity contribution in [1.29, 1.82) is 0 Å². The van der Waals surface area contributed by atoms with Gasteiger partial charge in [0.05, 0.1) is 12.2 Å². The Morgan fingerprint density at radius 2 is 2.00 bits per heavy atom. The molecule has 0 bridgehead atoms. The molecule has 0 atom stereocenters. The fraction of sp³-hybridized carbons (Fsp3) is 0.176. The van der Waals surface area contributed by atoms with Crippen LogP contribution in [0.15, 0.2) is 42.5 Å². The van der Waals surface area contributed by atoms with E-state index in [1.807, 2.05) is 6.92 Å². The summed E-state index contributed by atoms with van der Waals surface area (Å²) in [5.41, 5.74) is 6.83. The van der Waals surface area contributed by atoms with Crippen LogP contribution in [-0.2, 0) is 6.54 Å². The third-order valence-electron chi connectivity index (χ3n) is 3.15. The van der Waals surface area contributed by atoms with Gasteiger partial charge in [0.1, 0.15) is 5.75 Å². The first-order valence-electron chi connectivity index (χ1n) is 7.10. The Bertz CT molecular complexity index is 732. The van der Waals surface area contributed by atoms with E-state index in [2.05, 4.69) is 5.32 Å². The van der Waals surface area contributed by atoms with Crippen LogP contribution >= 0.6 is 11.6 Å². The zero-order valence-electron chi connectivity index (χ0n) is 12.6. The van der Waals surface area contributed by atoms with Crippen molar-refractivity contribution in [3.05, 3.63) is 64.2 Å². The molecule has 0 aliphatic heterocycles. The summed E-state index contributed by atoms with van der Waals surface area (Å²) < 4.78 is 5.44. The van der Waals surface area contributed by atoms with Crippen LogP contribution in [0.25, 0.3) is 0 Å². The zero-order valence-corrected chi connectivity index (χ0v) is 13.4. The first kappa shape index (κ1) is 16.8. The highest BCUT2D eigenvalue weighted by molar-refractivity contribution is 6.30. The average molecular weight is 333 g/mol. The number of carbonyl (C=O) groups excluding carboxylic acids is 2. The van der Waals surface area contributed by atoms with Crippen LogP contribution in [-0.4, -0.2) is 18.4 Å². The monoisotopic (exact) mass is 332 g/mol. The molecule has 2 amide bonds.